The van der Waals surface area contributed by atoms with Gasteiger partial charge in [-0.15, -0.1) is 0 Å². The molecule has 242 valence electrons. The van der Waals surface area contributed by atoms with Crippen LogP contribution in [0.25, 0.3) is 22.2 Å². The van der Waals surface area contributed by atoms with Crippen molar-refractivity contribution in [2.45, 2.75) is 26.3 Å². The highest BCUT2D eigenvalue weighted by atomic mass is 16.5. The Morgan fingerprint density at radius 1 is 1.04 bits per heavy atom. The third-order valence-electron chi connectivity index (χ3n) is 8.63. The Balaban J connectivity index is 1.26. The summed E-state index contributed by atoms with van der Waals surface area (Å²) in [5, 5.41) is 12.3. The number of ether oxygens (including phenoxy) is 1. The zero-order chi connectivity index (χ0) is 33.2. The Kier molecular flexibility index (Phi) is 8.54. The number of amides is 1. The molecule has 1 amide bonds. The highest BCUT2D eigenvalue weighted by Gasteiger charge is 2.24. The number of carbonyl (C=O) groups is 1. The van der Waals surface area contributed by atoms with Crippen molar-refractivity contribution < 1.29 is 9.53 Å². The van der Waals surface area contributed by atoms with Crippen LogP contribution in [0.3, 0.4) is 0 Å². The van der Waals surface area contributed by atoms with Gasteiger partial charge >= 0.3 is 0 Å². The summed E-state index contributed by atoms with van der Waals surface area (Å²) in [5.74, 6) is 6.58. The Bertz CT molecular complexity index is 2250. The Labute approximate surface area is 277 Å². The van der Waals surface area contributed by atoms with Crippen molar-refractivity contribution in [1.29, 1.82) is 0 Å². The van der Waals surface area contributed by atoms with Crippen molar-refractivity contribution in [1.82, 2.24) is 44.1 Å². The minimum Gasteiger partial charge on any atom is -0.379 e. The second-order valence-electron chi connectivity index (χ2n) is 11.8. The van der Waals surface area contributed by atoms with Gasteiger partial charge in [-0.3, -0.25) is 23.7 Å². The van der Waals surface area contributed by atoms with Crippen LogP contribution in [0.4, 0.5) is 0 Å². The van der Waals surface area contributed by atoms with Crippen LogP contribution in [0, 0.1) is 18.8 Å². The predicted octanol–water partition coefficient (Wildman–Crippen LogP) is 3.24. The lowest BCUT2D eigenvalue weighted by molar-refractivity contribution is 0.0382. The lowest BCUT2D eigenvalue weighted by atomic mass is 10.1. The van der Waals surface area contributed by atoms with E-state index in [1.807, 2.05) is 61.1 Å². The van der Waals surface area contributed by atoms with Crippen molar-refractivity contribution >= 4 is 22.5 Å². The molecule has 1 unspecified atom stereocenters. The molecule has 6 aromatic rings. The van der Waals surface area contributed by atoms with Gasteiger partial charge in [0.25, 0.3) is 11.5 Å². The van der Waals surface area contributed by atoms with Gasteiger partial charge in [0.2, 0.25) is 0 Å². The fraction of sp³-hybridized carbons (Fsp3) is 0.278. The molecule has 0 spiro atoms. The van der Waals surface area contributed by atoms with Gasteiger partial charge in [-0.05, 0) is 44.2 Å². The molecule has 2 aromatic carbocycles. The summed E-state index contributed by atoms with van der Waals surface area (Å²) in [4.78, 5) is 39.8. The molecule has 1 aliphatic rings. The number of rotatable bonds is 7. The molecule has 1 N–H and O–H groups in total. The minimum absolute atomic E-state index is 0.278. The van der Waals surface area contributed by atoms with Gasteiger partial charge < -0.3 is 10.1 Å². The van der Waals surface area contributed by atoms with E-state index in [-0.39, 0.29) is 11.5 Å². The van der Waals surface area contributed by atoms with E-state index in [1.54, 1.807) is 46.7 Å². The van der Waals surface area contributed by atoms with Crippen LogP contribution in [-0.4, -0.2) is 77.6 Å². The highest BCUT2D eigenvalue weighted by Crippen LogP contribution is 2.22. The number of nitrogens with zero attached hydrogens (tertiary/aromatic N) is 8. The normalized spacial score (nSPS) is 14.1. The number of aromatic nitrogens is 7. The Hall–Kier alpha value is -5.64. The molecule has 0 radical (unpaired) electrons. The molecular weight excluding hydrogens is 606 g/mol. The fourth-order valence-electron chi connectivity index (χ4n) is 6.15. The maximum atomic E-state index is 14.5. The molecule has 48 heavy (non-hydrogen) atoms. The predicted molar refractivity (Wildman–Crippen MR) is 181 cm³/mol. The van der Waals surface area contributed by atoms with Gasteiger partial charge in [-0.1, -0.05) is 36.1 Å². The van der Waals surface area contributed by atoms with Crippen LogP contribution in [0.15, 0.2) is 78.0 Å². The van der Waals surface area contributed by atoms with Crippen molar-refractivity contribution in [3.63, 3.8) is 0 Å². The molecule has 0 aliphatic carbocycles. The van der Waals surface area contributed by atoms with Crippen LogP contribution < -0.4 is 10.9 Å². The number of carbonyl (C=O) groups excluding carboxylic acids is 1. The second kappa shape index (κ2) is 13.2. The lowest BCUT2D eigenvalue weighted by Crippen LogP contribution is -2.37. The molecule has 5 heterocycles. The largest absolute Gasteiger partial charge is 0.379 e. The first kappa shape index (κ1) is 31.0. The van der Waals surface area contributed by atoms with Crippen molar-refractivity contribution in [3.05, 3.63) is 117 Å². The number of para-hydroxylation sites is 1. The van der Waals surface area contributed by atoms with E-state index in [1.165, 1.54) is 0 Å². The minimum atomic E-state index is -0.646. The fourth-order valence-corrected chi connectivity index (χ4v) is 6.15. The van der Waals surface area contributed by atoms with E-state index < -0.39 is 6.04 Å². The maximum absolute atomic E-state index is 14.5. The molecule has 1 saturated heterocycles. The van der Waals surface area contributed by atoms with Gasteiger partial charge in [0, 0.05) is 51.1 Å². The van der Waals surface area contributed by atoms with Crippen LogP contribution in [0.2, 0.25) is 0 Å². The summed E-state index contributed by atoms with van der Waals surface area (Å²) < 4.78 is 10.5. The SMILES string of the molecule is Cc1nn2cccnc2c1C(=O)NC(C)c1nc2cccc(C#Cc3cnn(C)c3CCN3CCOCC3)c2c(=O)n1-c1ccccc1. The molecule has 0 bridgehead atoms. The van der Waals surface area contributed by atoms with E-state index >= 15 is 0 Å². The summed E-state index contributed by atoms with van der Waals surface area (Å²) in [6.45, 7) is 7.80. The van der Waals surface area contributed by atoms with Crippen molar-refractivity contribution in [3.8, 4) is 17.5 Å². The van der Waals surface area contributed by atoms with Gasteiger partial charge in [-0.25, -0.2) is 14.5 Å². The Morgan fingerprint density at radius 2 is 1.83 bits per heavy atom. The van der Waals surface area contributed by atoms with E-state index in [4.69, 9.17) is 9.72 Å². The third kappa shape index (κ3) is 5.97. The average molecular weight is 642 g/mol. The molecule has 0 saturated carbocycles. The molecule has 1 fully saturated rings. The molecule has 4 aromatic heterocycles. The zero-order valence-electron chi connectivity index (χ0n) is 27.1. The summed E-state index contributed by atoms with van der Waals surface area (Å²) in [6.07, 6.45) is 5.94. The zero-order valence-corrected chi connectivity index (χ0v) is 27.1. The van der Waals surface area contributed by atoms with Gasteiger partial charge in [0.05, 0.1) is 59.0 Å². The van der Waals surface area contributed by atoms with Crippen molar-refractivity contribution in [2.24, 2.45) is 7.05 Å². The second-order valence-corrected chi connectivity index (χ2v) is 11.8. The summed E-state index contributed by atoms with van der Waals surface area (Å²) in [5.41, 5.74) is 4.63. The van der Waals surface area contributed by atoms with Crippen LogP contribution >= 0.6 is 0 Å². The summed E-state index contributed by atoms with van der Waals surface area (Å²) in [7, 11) is 1.93. The quantitative estimate of drug-likeness (QED) is 0.264. The van der Waals surface area contributed by atoms with Crippen molar-refractivity contribution in [2.75, 3.05) is 32.8 Å². The smallest absolute Gasteiger partial charge is 0.267 e. The van der Waals surface area contributed by atoms with Crippen LogP contribution in [-0.2, 0) is 18.2 Å². The average Bonchev–Trinajstić information content (AvgIpc) is 3.64. The van der Waals surface area contributed by atoms with E-state index in [0.717, 1.165) is 50.5 Å². The summed E-state index contributed by atoms with van der Waals surface area (Å²) >= 11 is 0. The monoisotopic (exact) mass is 641 g/mol. The van der Waals surface area contributed by atoms with Crippen LogP contribution in [0.5, 0.6) is 0 Å². The van der Waals surface area contributed by atoms with Crippen LogP contribution in [0.1, 0.15) is 51.7 Å². The van der Waals surface area contributed by atoms with E-state index in [9.17, 15) is 9.59 Å². The van der Waals surface area contributed by atoms with Gasteiger partial charge in [0.15, 0.2) is 5.65 Å². The van der Waals surface area contributed by atoms with Gasteiger partial charge in [0.1, 0.15) is 11.4 Å². The number of nitrogens with one attached hydrogen (secondary N) is 1. The van der Waals surface area contributed by atoms with Gasteiger partial charge in [-0.2, -0.15) is 10.2 Å². The van der Waals surface area contributed by atoms with E-state index in [2.05, 4.69) is 37.2 Å². The molecule has 1 atom stereocenters. The highest BCUT2D eigenvalue weighted by molar-refractivity contribution is 6.01. The number of morpholine rings is 1. The molecule has 12 nitrogen and oxygen atoms in total. The maximum Gasteiger partial charge on any atom is 0.267 e. The third-order valence-corrected chi connectivity index (χ3v) is 8.63. The first-order chi connectivity index (χ1) is 23.4. The molecular formula is C36H35N9O3. The standard InChI is InChI=1S/C36H35N9O3/c1-24-31(34-37-16-8-17-44(34)41-24)35(46)39-25(2)33-40-29-12-7-9-26(32(29)36(47)45(33)28-10-5-4-6-11-28)13-14-27-23-38-42(3)30(27)15-18-43-19-21-48-22-20-43/h4-12,16-17,23,25H,15,18-22H2,1-3H3,(H,39,46). The number of aryl methyl sites for hydroxylation is 2. The number of benzene rings is 2. The molecule has 7 rings (SSSR count). The van der Waals surface area contributed by atoms with E-state index in [0.29, 0.717) is 44.9 Å². The number of hydrogen-bond donors (Lipinski definition) is 1. The topological polar surface area (TPSA) is 124 Å². The molecule has 1 aliphatic heterocycles. The molecule has 12 heteroatoms. The lowest BCUT2D eigenvalue weighted by Gasteiger charge is -2.26. The summed E-state index contributed by atoms with van der Waals surface area (Å²) in [6, 6.07) is 15.9. The Morgan fingerprint density at radius 3 is 2.65 bits per heavy atom. The number of hydrogen-bond acceptors (Lipinski definition) is 8. The number of fused-ring (bicyclic) bond motifs is 2. The first-order valence-electron chi connectivity index (χ1n) is 15.9. The first-order valence-corrected chi connectivity index (χ1v) is 15.9.